The Kier molecular flexibility index (Phi) is 7.21. The third-order valence-corrected chi connectivity index (χ3v) is 3.76. The maximum absolute atomic E-state index is 12.9. The van der Waals surface area contributed by atoms with Crippen molar-refractivity contribution in [3.8, 4) is 17.6 Å². The molecule has 0 spiro atoms. The van der Waals surface area contributed by atoms with Gasteiger partial charge < -0.3 is 14.8 Å². The van der Waals surface area contributed by atoms with E-state index in [0.717, 1.165) is 6.42 Å². The lowest BCUT2D eigenvalue weighted by Gasteiger charge is -2.13. The standard InChI is InChI=1S/C20H18ClFN2O3/c1-3-8-27-19-17(21)10-13(11-18(19)26-2)9-14(12-23)20(25)24-16-6-4-15(22)5-7-16/h4-7,9-11H,3,8H2,1-2H3,(H,24,25)/b14-9+. The summed E-state index contributed by atoms with van der Waals surface area (Å²) in [6.07, 6.45) is 2.19. The second-order valence-electron chi connectivity index (χ2n) is 5.51. The van der Waals surface area contributed by atoms with Crippen molar-refractivity contribution in [1.29, 1.82) is 5.26 Å². The van der Waals surface area contributed by atoms with E-state index in [9.17, 15) is 14.4 Å². The second-order valence-corrected chi connectivity index (χ2v) is 5.92. The predicted molar refractivity (Wildman–Crippen MR) is 102 cm³/mol. The van der Waals surface area contributed by atoms with E-state index in [1.165, 1.54) is 37.5 Å². The fraction of sp³-hybridized carbons (Fsp3) is 0.200. The van der Waals surface area contributed by atoms with Crippen molar-refractivity contribution in [3.63, 3.8) is 0 Å². The zero-order chi connectivity index (χ0) is 19.8. The van der Waals surface area contributed by atoms with Gasteiger partial charge in [0.1, 0.15) is 17.5 Å². The first-order valence-electron chi connectivity index (χ1n) is 8.17. The highest BCUT2D eigenvalue weighted by molar-refractivity contribution is 6.32. The summed E-state index contributed by atoms with van der Waals surface area (Å²) >= 11 is 6.25. The Bertz CT molecular complexity index is 889. The molecule has 5 nitrogen and oxygen atoms in total. The van der Waals surface area contributed by atoms with Gasteiger partial charge in [-0.05, 0) is 54.5 Å². The highest BCUT2D eigenvalue weighted by Crippen LogP contribution is 2.37. The molecule has 0 heterocycles. The number of nitrogens with one attached hydrogen (secondary N) is 1. The normalized spacial score (nSPS) is 10.9. The third kappa shape index (κ3) is 5.47. The number of anilines is 1. The minimum atomic E-state index is -0.620. The van der Waals surface area contributed by atoms with E-state index < -0.39 is 11.7 Å². The molecule has 0 aliphatic heterocycles. The van der Waals surface area contributed by atoms with Crippen molar-refractivity contribution in [1.82, 2.24) is 0 Å². The lowest BCUT2D eigenvalue weighted by Crippen LogP contribution is -2.13. The van der Waals surface area contributed by atoms with Crippen molar-refractivity contribution in [3.05, 3.63) is 58.4 Å². The lowest BCUT2D eigenvalue weighted by atomic mass is 10.1. The average molecular weight is 389 g/mol. The number of methoxy groups -OCH3 is 1. The molecule has 0 aliphatic carbocycles. The summed E-state index contributed by atoms with van der Waals surface area (Å²) in [6.45, 7) is 2.45. The molecule has 0 saturated carbocycles. The van der Waals surface area contributed by atoms with Gasteiger partial charge in [-0.3, -0.25) is 4.79 Å². The van der Waals surface area contributed by atoms with Gasteiger partial charge in [-0.1, -0.05) is 18.5 Å². The van der Waals surface area contributed by atoms with Gasteiger partial charge in [0.2, 0.25) is 0 Å². The molecule has 0 radical (unpaired) electrons. The van der Waals surface area contributed by atoms with Crippen LogP contribution in [-0.2, 0) is 4.79 Å². The maximum atomic E-state index is 12.9. The number of nitrogens with zero attached hydrogens (tertiary/aromatic N) is 1. The molecule has 2 aromatic carbocycles. The van der Waals surface area contributed by atoms with Gasteiger partial charge in [-0.15, -0.1) is 0 Å². The van der Waals surface area contributed by atoms with E-state index in [0.29, 0.717) is 34.4 Å². The largest absolute Gasteiger partial charge is 0.493 e. The third-order valence-electron chi connectivity index (χ3n) is 3.48. The number of halogens is 2. The Balaban J connectivity index is 2.28. The van der Waals surface area contributed by atoms with Crippen LogP contribution in [-0.4, -0.2) is 19.6 Å². The molecule has 0 aromatic heterocycles. The molecule has 0 aliphatic rings. The van der Waals surface area contributed by atoms with E-state index in [1.807, 2.05) is 13.0 Å². The van der Waals surface area contributed by atoms with E-state index in [-0.39, 0.29) is 5.57 Å². The van der Waals surface area contributed by atoms with Gasteiger partial charge in [0.25, 0.3) is 5.91 Å². The molecular weight excluding hydrogens is 371 g/mol. The Morgan fingerprint density at radius 2 is 2.04 bits per heavy atom. The molecule has 2 rings (SSSR count). The number of benzene rings is 2. The summed E-state index contributed by atoms with van der Waals surface area (Å²) in [4.78, 5) is 12.3. The summed E-state index contributed by atoms with van der Waals surface area (Å²) in [5, 5.41) is 12.2. The van der Waals surface area contributed by atoms with Gasteiger partial charge in [0.05, 0.1) is 18.7 Å². The molecule has 27 heavy (non-hydrogen) atoms. The highest BCUT2D eigenvalue weighted by Gasteiger charge is 2.14. The number of hydrogen-bond acceptors (Lipinski definition) is 4. The molecule has 0 bridgehead atoms. The molecule has 1 N–H and O–H groups in total. The quantitative estimate of drug-likeness (QED) is 0.545. The summed E-state index contributed by atoms with van der Waals surface area (Å²) < 4.78 is 23.8. The zero-order valence-electron chi connectivity index (χ0n) is 14.9. The van der Waals surface area contributed by atoms with Crippen LogP contribution < -0.4 is 14.8 Å². The van der Waals surface area contributed by atoms with Crippen molar-refractivity contribution in [2.24, 2.45) is 0 Å². The van der Waals surface area contributed by atoms with Crippen LogP contribution in [0.1, 0.15) is 18.9 Å². The van der Waals surface area contributed by atoms with Gasteiger partial charge in [-0.2, -0.15) is 5.26 Å². The number of hydrogen-bond donors (Lipinski definition) is 1. The minimum Gasteiger partial charge on any atom is -0.493 e. The summed E-state index contributed by atoms with van der Waals surface area (Å²) in [5.41, 5.74) is 0.743. The maximum Gasteiger partial charge on any atom is 0.266 e. The first-order chi connectivity index (χ1) is 13.0. The van der Waals surface area contributed by atoms with Crippen molar-refractivity contribution < 1.29 is 18.7 Å². The first-order valence-corrected chi connectivity index (χ1v) is 8.55. The molecule has 0 saturated heterocycles. The molecule has 2 aromatic rings. The van der Waals surface area contributed by atoms with Crippen LogP contribution in [0.4, 0.5) is 10.1 Å². The van der Waals surface area contributed by atoms with E-state index in [1.54, 1.807) is 12.1 Å². The van der Waals surface area contributed by atoms with Crippen molar-refractivity contribution in [2.75, 3.05) is 19.0 Å². The smallest absolute Gasteiger partial charge is 0.266 e. The molecule has 0 unspecified atom stereocenters. The van der Waals surface area contributed by atoms with E-state index >= 15 is 0 Å². The Labute approximate surface area is 162 Å². The first kappa shape index (κ1) is 20.3. The number of ether oxygens (including phenoxy) is 2. The van der Waals surface area contributed by atoms with Crippen LogP contribution in [0.15, 0.2) is 42.0 Å². The Morgan fingerprint density at radius 1 is 1.33 bits per heavy atom. The van der Waals surface area contributed by atoms with Crippen molar-refractivity contribution in [2.45, 2.75) is 13.3 Å². The minimum absolute atomic E-state index is 0.139. The van der Waals surface area contributed by atoms with E-state index in [4.69, 9.17) is 21.1 Å². The molecule has 7 heteroatoms. The Morgan fingerprint density at radius 3 is 2.63 bits per heavy atom. The SMILES string of the molecule is CCCOc1c(Cl)cc(/C=C(\C#N)C(=O)Nc2ccc(F)cc2)cc1OC. The summed E-state index contributed by atoms with van der Waals surface area (Å²) in [5.74, 6) is -0.229. The van der Waals surface area contributed by atoms with Crippen LogP contribution in [0, 0.1) is 17.1 Å². The summed E-state index contributed by atoms with van der Waals surface area (Å²) in [6, 6.07) is 10.3. The number of amides is 1. The average Bonchev–Trinajstić information content (AvgIpc) is 2.66. The second kappa shape index (κ2) is 9.60. The molecular formula is C20H18ClFN2O3. The molecule has 0 fully saturated rings. The number of carbonyl (C=O) groups excluding carboxylic acids is 1. The van der Waals surface area contributed by atoms with Gasteiger partial charge >= 0.3 is 0 Å². The topological polar surface area (TPSA) is 71.3 Å². The van der Waals surface area contributed by atoms with Crippen LogP contribution in [0.25, 0.3) is 6.08 Å². The molecule has 140 valence electrons. The monoisotopic (exact) mass is 388 g/mol. The Hall–Kier alpha value is -3.04. The van der Waals surface area contributed by atoms with Gasteiger partial charge in [0.15, 0.2) is 11.5 Å². The number of carbonyl (C=O) groups is 1. The summed E-state index contributed by atoms with van der Waals surface area (Å²) in [7, 11) is 1.48. The van der Waals surface area contributed by atoms with Crippen LogP contribution in [0.5, 0.6) is 11.5 Å². The predicted octanol–water partition coefficient (Wildman–Crippen LogP) is 4.82. The fourth-order valence-electron chi connectivity index (χ4n) is 2.21. The number of nitriles is 1. The van der Waals surface area contributed by atoms with E-state index in [2.05, 4.69) is 5.32 Å². The van der Waals surface area contributed by atoms with Gasteiger partial charge in [0, 0.05) is 5.69 Å². The molecule has 0 atom stereocenters. The van der Waals surface area contributed by atoms with Crippen molar-refractivity contribution >= 4 is 29.3 Å². The highest BCUT2D eigenvalue weighted by atomic mass is 35.5. The van der Waals surface area contributed by atoms with Crippen LogP contribution in [0.3, 0.4) is 0 Å². The lowest BCUT2D eigenvalue weighted by molar-refractivity contribution is -0.112. The van der Waals surface area contributed by atoms with Crippen LogP contribution in [0.2, 0.25) is 5.02 Å². The van der Waals surface area contributed by atoms with Gasteiger partial charge in [-0.25, -0.2) is 4.39 Å². The fourth-order valence-corrected chi connectivity index (χ4v) is 2.49. The van der Waals surface area contributed by atoms with Crippen LogP contribution >= 0.6 is 11.6 Å². The zero-order valence-corrected chi connectivity index (χ0v) is 15.6. The number of rotatable bonds is 7. The molecule has 1 amide bonds.